The maximum Gasteiger partial charge on any atom is 0.159 e. The average Bonchev–Trinajstić information content (AvgIpc) is 2.94. The van der Waals surface area contributed by atoms with Crippen molar-refractivity contribution in [3.05, 3.63) is 64.8 Å². The minimum absolute atomic E-state index is 0.263. The summed E-state index contributed by atoms with van der Waals surface area (Å²) in [5, 5.41) is 0. The third-order valence-corrected chi connectivity index (χ3v) is 5.46. The number of allylic oxidation sites excluding steroid dienone is 2. The van der Waals surface area contributed by atoms with Crippen LogP contribution in [0.15, 0.2) is 63.5 Å². The van der Waals surface area contributed by atoms with Gasteiger partial charge in [-0.05, 0) is 26.0 Å². The molecular weight excluding hydrogens is 495 g/mol. The van der Waals surface area contributed by atoms with Crippen LogP contribution in [0.3, 0.4) is 0 Å². The van der Waals surface area contributed by atoms with Gasteiger partial charge >= 0.3 is 0 Å². The van der Waals surface area contributed by atoms with Crippen molar-refractivity contribution in [2.75, 3.05) is 38.0 Å². The summed E-state index contributed by atoms with van der Waals surface area (Å²) >= 11 is 4.64. The number of aryl methyl sites for hydroxylation is 1. The SMILES string of the molecule is CC.CCl.CN=C/C(=C\N)C1CN(c2cn(C)c(=N/C(C)=C(/C)C=O)c(-c3ccccc3F)n2)CCO1. The minimum atomic E-state index is -0.403. The third-order valence-electron chi connectivity index (χ3n) is 5.46. The molecule has 0 saturated carbocycles. The summed E-state index contributed by atoms with van der Waals surface area (Å²) in [6.45, 7) is 9.03. The van der Waals surface area contributed by atoms with Gasteiger partial charge in [0.2, 0.25) is 0 Å². The molecular formula is C27H38ClFN6O2. The van der Waals surface area contributed by atoms with Gasteiger partial charge in [-0.1, -0.05) is 26.0 Å². The van der Waals surface area contributed by atoms with Crippen LogP contribution in [0, 0.1) is 5.82 Å². The molecule has 0 amide bonds. The molecule has 1 aromatic carbocycles. The van der Waals surface area contributed by atoms with Gasteiger partial charge in [-0.25, -0.2) is 14.4 Å². The van der Waals surface area contributed by atoms with E-state index in [1.54, 1.807) is 49.9 Å². The van der Waals surface area contributed by atoms with Gasteiger partial charge in [-0.15, -0.1) is 11.6 Å². The number of hydrogen-bond donors (Lipinski definition) is 1. The molecule has 1 unspecified atom stereocenters. The van der Waals surface area contributed by atoms with Gasteiger partial charge < -0.3 is 19.9 Å². The lowest BCUT2D eigenvalue weighted by Gasteiger charge is -2.34. The van der Waals surface area contributed by atoms with E-state index in [2.05, 4.69) is 26.5 Å². The number of hydrogen-bond acceptors (Lipinski definition) is 7. The average molecular weight is 533 g/mol. The maximum absolute atomic E-state index is 14.8. The van der Waals surface area contributed by atoms with E-state index in [9.17, 15) is 9.18 Å². The first-order valence-corrected chi connectivity index (χ1v) is 12.7. The number of alkyl halides is 1. The Bertz CT molecular complexity index is 1190. The van der Waals surface area contributed by atoms with Crippen LogP contribution in [0.5, 0.6) is 0 Å². The predicted octanol–water partition coefficient (Wildman–Crippen LogP) is 4.25. The van der Waals surface area contributed by atoms with Crippen LogP contribution in [-0.4, -0.2) is 61.3 Å². The number of aromatic nitrogens is 2. The molecule has 37 heavy (non-hydrogen) atoms. The molecule has 0 bridgehead atoms. The summed E-state index contributed by atoms with van der Waals surface area (Å²) in [6.07, 6.45) is 6.97. The number of carbonyl (C=O) groups is 1. The molecule has 1 fully saturated rings. The van der Waals surface area contributed by atoms with Crippen molar-refractivity contribution < 1.29 is 13.9 Å². The summed E-state index contributed by atoms with van der Waals surface area (Å²) < 4.78 is 22.5. The fraction of sp³-hybridized carbons (Fsp3) is 0.407. The second kappa shape index (κ2) is 16.4. The minimum Gasteiger partial charge on any atom is -0.404 e. The van der Waals surface area contributed by atoms with Crippen molar-refractivity contribution in [1.82, 2.24) is 9.55 Å². The smallest absolute Gasteiger partial charge is 0.159 e. The zero-order chi connectivity index (χ0) is 28.0. The maximum atomic E-state index is 14.8. The Kier molecular flexibility index (Phi) is 14.1. The van der Waals surface area contributed by atoms with Crippen molar-refractivity contribution in [1.29, 1.82) is 0 Å². The van der Waals surface area contributed by atoms with Crippen LogP contribution >= 0.6 is 11.6 Å². The predicted molar refractivity (Wildman–Crippen MR) is 150 cm³/mol. The van der Waals surface area contributed by atoms with Gasteiger partial charge in [0.15, 0.2) is 5.49 Å². The Hall–Kier alpha value is -3.30. The molecule has 2 N–H and O–H groups in total. The zero-order valence-corrected chi connectivity index (χ0v) is 23.5. The summed E-state index contributed by atoms with van der Waals surface area (Å²) in [7, 11) is 3.50. The number of benzene rings is 1. The lowest BCUT2D eigenvalue weighted by Crippen LogP contribution is -2.44. The number of halogens is 2. The Morgan fingerprint density at radius 1 is 1.27 bits per heavy atom. The van der Waals surface area contributed by atoms with Crippen LogP contribution < -0.4 is 16.1 Å². The van der Waals surface area contributed by atoms with Gasteiger partial charge in [0.1, 0.15) is 29.7 Å². The van der Waals surface area contributed by atoms with E-state index in [0.29, 0.717) is 53.5 Å². The molecule has 0 aliphatic carbocycles. The topological polar surface area (TPSA) is 98.1 Å². The number of ether oxygens (including phenoxy) is 1. The molecule has 0 radical (unpaired) electrons. The van der Waals surface area contributed by atoms with Gasteiger partial charge in [-0.3, -0.25) is 9.79 Å². The molecule has 8 nitrogen and oxygen atoms in total. The zero-order valence-electron chi connectivity index (χ0n) is 22.7. The second-order valence-corrected chi connectivity index (χ2v) is 7.72. The van der Waals surface area contributed by atoms with E-state index in [4.69, 9.17) is 15.5 Å². The van der Waals surface area contributed by atoms with Crippen LogP contribution in [0.25, 0.3) is 11.3 Å². The van der Waals surface area contributed by atoms with Gasteiger partial charge in [0, 0.05) is 68.0 Å². The number of aldehydes is 1. The summed E-state index contributed by atoms with van der Waals surface area (Å²) in [5.41, 5.74) is 8.74. The number of nitrogens with two attached hydrogens (primary N) is 1. The highest BCUT2D eigenvalue weighted by Gasteiger charge is 2.25. The molecule has 2 aromatic rings. The molecule has 10 heteroatoms. The fourth-order valence-corrected chi connectivity index (χ4v) is 3.49. The summed E-state index contributed by atoms with van der Waals surface area (Å²) in [4.78, 5) is 26.7. The van der Waals surface area contributed by atoms with Gasteiger partial charge in [0.25, 0.3) is 0 Å². The normalized spacial score (nSPS) is 16.9. The van der Waals surface area contributed by atoms with E-state index < -0.39 is 5.82 Å². The van der Waals surface area contributed by atoms with E-state index >= 15 is 0 Å². The number of nitrogens with zero attached hydrogens (tertiary/aromatic N) is 5. The monoisotopic (exact) mass is 532 g/mol. The van der Waals surface area contributed by atoms with Gasteiger partial charge in [0.05, 0.1) is 13.2 Å². The number of carbonyl (C=O) groups excluding carboxylic acids is 1. The van der Waals surface area contributed by atoms with Crippen molar-refractivity contribution in [3.8, 4) is 11.3 Å². The first kappa shape index (κ1) is 31.7. The Morgan fingerprint density at radius 3 is 2.54 bits per heavy atom. The molecule has 0 spiro atoms. The van der Waals surface area contributed by atoms with Crippen molar-refractivity contribution in [3.63, 3.8) is 0 Å². The highest BCUT2D eigenvalue weighted by Crippen LogP contribution is 2.23. The molecule has 1 aliphatic rings. The van der Waals surface area contributed by atoms with Gasteiger partial charge in [-0.2, -0.15) is 0 Å². The highest BCUT2D eigenvalue weighted by molar-refractivity contribution is 6.15. The Labute approximate surface area is 224 Å². The summed E-state index contributed by atoms with van der Waals surface area (Å²) in [6, 6.07) is 6.44. The third kappa shape index (κ3) is 8.36. The number of anilines is 1. The highest BCUT2D eigenvalue weighted by atomic mass is 35.5. The lowest BCUT2D eigenvalue weighted by molar-refractivity contribution is -0.104. The van der Waals surface area contributed by atoms with E-state index in [0.717, 1.165) is 11.9 Å². The standard InChI is InChI=1S/C24H29FN6O2.C2H6.CH3Cl/c1-16(15-32)17(2)28-24-23(19-7-5-6-8-20(19)25)29-22(14-30(24)4)31-9-10-33-21(13-31)18(11-26)12-27-3;2*1-2/h5-8,11-12,14-15,21H,9-10,13,26H2,1-4H3;1-2H3;1H3/b17-16-,18-11+,27-12?,28-24?;;. The van der Waals surface area contributed by atoms with E-state index in [1.807, 2.05) is 27.1 Å². The molecule has 1 aromatic heterocycles. The fourth-order valence-electron chi connectivity index (χ4n) is 3.49. The summed E-state index contributed by atoms with van der Waals surface area (Å²) in [5.74, 6) is 0.251. The van der Waals surface area contributed by atoms with Crippen LogP contribution in [-0.2, 0) is 16.6 Å². The molecule has 202 valence electrons. The van der Waals surface area contributed by atoms with E-state index in [-0.39, 0.29) is 6.10 Å². The van der Waals surface area contributed by atoms with E-state index in [1.165, 1.54) is 18.6 Å². The van der Waals surface area contributed by atoms with Crippen molar-refractivity contribution >= 4 is 29.9 Å². The molecule has 1 saturated heterocycles. The van der Waals surface area contributed by atoms with Crippen LogP contribution in [0.2, 0.25) is 0 Å². The largest absolute Gasteiger partial charge is 0.404 e. The molecule has 1 atom stereocenters. The van der Waals surface area contributed by atoms with Crippen LogP contribution in [0.1, 0.15) is 27.7 Å². The quantitative estimate of drug-likeness (QED) is 0.259. The molecule has 3 rings (SSSR count). The Morgan fingerprint density at radius 2 is 1.95 bits per heavy atom. The van der Waals surface area contributed by atoms with Crippen molar-refractivity contribution in [2.45, 2.75) is 33.8 Å². The number of aliphatic imine (C=N–C) groups is 1. The lowest BCUT2D eigenvalue weighted by atomic mass is 10.1. The number of morpholine rings is 1. The first-order valence-electron chi connectivity index (χ1n) is 12.0. The van der Waals surface area contributed by atoms with Crippen LogP contribution in [0.4, 0.5) is 10.2 Å². The van der Waals surface area contributed by atoms with Crippen molar-refractivity contribution in [2.24, 2.45) is 22.8 Å². The molecule has 1 aliphatic heterocycles. The second-order valence-electron chi connectivity index (χ2n) is 7.72. The molecule has 2 heterocycles. The Balaban J connectivity index is 0.00000163. The number of rotatable bonds is 6. The first-order chi connectivity index (χ1) is 17.9.